The van der Waals surface area contributed by atoms with E-state index in [0.717, 1.165) is 0 Å². The summed E-state index contributed by atoms with van der Waals surface area (Å²) in [7, 11) is -3.41. The zero-order chi connectivity index (χ0) is 16.9. The number of carbonyl (C=O) groups excluding carboxylic acids is 1. The van der Waals surface area contributed by atoms with E-state index in [4.69, 9.17) is 0 Å². The number of halogens is 1. The summed E-state index contributed by atoms with van der Waals surface area (Å²) in [6, 6.07) is 5.72. The van der Waals surface area contributed by atoms with Gasteiger partial charge >= 0.3 is 0 Å². The molecule has 1 N–H and O–H groups in total. The van der Waals surface area contributed by atoms with Crippen molar-refractivity contribution >= 4 is 15.9 Å². The van der Waals surface area contributed by atoms with E-state index in [-0.39, 0.29) is 17.9 Å². The molecule has 1 aromatic carbocycles. The van der Waals surface area contributed by atoms with E-state index < -0.39 is 21.7 Å². The van der Waals surface area contributed by atoms with Crippen molar-refractivity contribution in [2.45, 2.75) is 6.92 Å². The number of nitrogens with zero attached hydrogens (tertiary/aromatic N) is 2. The SMILES string of the molecule is CCN(CCS(=O)(=O)N1CCNCC1)C(=O)c1ccccc1F. The summed E-state index contributed by atoms with van der Waals surface area (Å²) in [4.78, 5) is 13.7. The summed E-state index contributed by atoms with van der Waals surface area (Å²) in [5.74, 6) is -1.23. The van der Waals surface area contributed by atoms with Crippen LogP contribution in [0.25, 0.3) is 0 Å². The van der Waals surface area contributed by atoms with Crippen molar-refractivity contribution in [2.24, 2.45) is 0 Å². The summed E-state index contributed by atoms with van der Waals surface area (Å²) < 4.78 is 39.8. The molecule has 0 atom stereocenters. The van der Waals surface area contributed by atoms with E-state index in [9.17, 15) is 17.6 Å². The Balaban J connectivity index is 2.02. The Morgan fingerprint density at radius 1 is 1.30 bits per heavy atom. The maximum Gasteiger partial charge on any atom is 0.256 e. The molecule has 1 heterocycles. The molecule has 0 radical (unpaired) electrons. The maximum atomic E-state index is 13.7. The van der Waals surface area contributed by atoms with E-state index in [2.05, 4.69) is 5.32 Å². The minimum atomic E-state index is -3.41. The Bertz CT molecular complexity index is 645. The summed E-state index contributed by atoms with van der Waals surface area (Å²) >= 11 is 0. The second-order valence-electron chi connectivity index (χ2n) is 5.33. The minimum Gasteiger partial charge on any atom is -0.338 e. The van der Waals surface area contributed by atoms with Crippen molar-refractivity contribution in [1.82, 2.24) is 14.5 Å². The highest BCUT2D eigenvalue weighted by Crippen LogP contribution is 2.11. The van der Waals surface area contributed by atoms with Gasteiger partial charge in [-0.05, 0) is 19.1 Å². The molecule has 0 unspecified atom stereocenters. The maximum absolute atomic E-state index is 13.7. The molecule has 0 spiro atoms. The highest BCUT2D eigenvalue weighted by Gasteiger charge is 2.26. The Morgan fingerprint density at radius 3 is 2.57 bits per heavy atom. The first-order chi connectivity index (χ1) is 11.0. The fraction of sp³-hybridized carbons (Fsp3) is 0.533. The molecule has 1 fully saturated rings. The molecule has 1 aliphatic heterocycles. The van der Waals surface area contributed by atoms with Gasteiger partial charge in [0.1, 0.15) is 5.82 Å². The highest BCUT2D eigenvalue weighted by atomic mass is 32.2. The first kappa shape index (κ1) is 17.8. The monoisotopic (exact) mass is 343 g/mol. The molecule has 0 bridgehead atoms. The van der Waals surface area contributed by atoms with E-state index >= 15 is 0 Å². The second kappa shape index (κ2) is 7.85. The van der Waals surface area contributed by atoms with Crippen molar-refractivity contribution in [1.29, 1.82) is 0 Å². The predicted molar refractivity (Wildman–Crippen MR) is 86.2 cm³/mol. The van der Waals surface area contributed by atoms with Crippen LogP contribution in [0.1, 0.15) is 17.3 Å². The number of carbonyl (C=O) groups is 1. The minimum absolute atomic E-state index is 0.0334. The average molecular weight is 343 g/mol. The van der Waals surface area contributed by atoms with Crippen molar-refractivity contribution in [3.05, 3.63) is 35.6 Å². The van der Waals surface area contributed by atoms with Gasteiger partial charge in [0.2, 0.25) is 10.0 Å². The van der Waals surface area contributed by atoms with Gasteiger partial charge in [0.05, 0.1) is 11.3 Å². The number of hydrogen-bond acceptors (Lipinski definition) is 4. The van der Waals surface area contributed by atoms with Crippen LogP contribution in [-0.2, 0) is 10.0 Å². The van der Waals surface area contributed by atoms with E-state index in [0.29, 0.717) is 32.7 Å². The molecule has 1 amide bonds. The molecular formula is C15H22FN3O3S. The summed E-state index contributed by atoms with van der Waals surface area (Å²) in [5.41, 5.74) is -0.0334. The number of sulfonamides is 1. The van der Waals surface area contributed by atoms with Gasteiger partial charge in [-0.25, -0.2) is 12.8 Å². The third kappa shape index (κ3) is 4.49. The van der Waals surface area contributed by atoms with Gasteiger partial charge in [-0.2, -0.15) is 4.31 Å². The fourth-order valence-corrected chi connectivity index (χ4v) is 3.93. The molecule has 6 nitrogen and oxygen atoms in total. The highest BCUT2D eigenvalue weighted by molar-refractivity contribution is 7.89. The molecule has 23 heavy (non-hydrogen) atoms. The quantitative estimate of drug-likeness (QED) is 0.818. The number of piperazine rings is 1. The average Bonchev–Trinajstić information content (AvgIpc) is 2.56. The van der Waals surface area contributed by atoms with Crippen LogP contribution < -0.4 is 5.32 Å². The standard InChI is InChI=1S/C15H22FN3O3S/c1-2-18(15(20)13-5-3-4-6-14(13)16)11-12-23(21,22)19-9-7-17-8-10-19/h3-6,17H,2,7-12H2,1H3. The first-order valence-electron chi connectivity index (χ1n) is 7.68. The number of amides is 1. The Labute approximate surface area is 136 Å². The van der Waals surface area contributed by atoms with Gasteiger partial charge in [-0.1, -0.05) is 12.1 Å². The van der Waals surface area contributed by atoms with Crippen LogP contribution in [0.15, 0.2) is 24.3 Å². The van der Waals surface area contributed by atoms with Crippen molar-refractivity contribution < 1.29 is 17.6 Å². The Morgan fingerprint density at radius 2 is 1.96 bits per heavy atom. The number of hydrogen-bond donors (Lipinski definition) is 1. The van der Waals surface area contributed by atoms with Gasteiger partial charge in [-0.15, -0.1) is 0 Å². The predicted octanol–water partition coefficient (Wildman–Crippen LogP) is 0.523. The third-order valence-corrected chi connectivity index (χ3v) is 5.71. The van der Waals surface area contributed by atoms with Crippen molar-refractivity contribution in [2.75, 3.05) is 45.0 Å². The van der Waals surface area contributed by atoms with Crippen LogP contribution >= 0.6 is 0 Å². The molecule has 1 aliphatic rings. The van der Waals surface area contributed by atoms with E-state index in [1.54, 1.807) is 13.0 Å². The smallest absolute Gasteiger partial charge is 0.256 e. The van der Waals surface area contributed by atoms with Crippen molar-refractivity contribution in [3.8, 4) is 0 Å². The molecule has 0 aromatic heterocycles. The van der Waals surface area contributed by atoms with Crippen LogP contribution in [0.2, 0.25) is 0 Å². The first-order valence-corrected chi connectivity index (χ1v) is 9.29. The van der Waals surface area contributed by atoms with Gasteiger partial charge in [0.25, 0.3) is 5.91 Å². The zero-order valence-electron chi connectivity index (χ0n) is 13.2. The van der Waals surface area contributed by atoms with Gasteiger partial charge in [0.15, 0.2) is 0 Å². The third-order valence-electron chi connectivity index (χ3n) is 3.86. The number of rotatable bonds is 6. The molecule has 2 rings (SSSR count). The second-order valence-corrected chi connectivity index (χ2v) is 7.42. The summed E-state index contributed by atoms with van der Waals surface area (Å²) in [5, 5.41) is 3.10. The van der Waals surface area contributed by atoms with Gasteiger partial charge < -0.3 is 10.2 Å². The Hall–Kier alpha value is -1.51. The molecule has 1 saturated heterocycles. The zero-order valence-corrected chi connectivity index (χ0v) is 14.0. The van der Waals surface area contributed by atoms with Crippen LogP contribution in [0.4, 0.5) is 4.39 Å². The normalized spacial score (nSPS) is 16.3. The van der Waals surface area contributed by atoms with E-state index in [1.807, 2.05) is 0 Å². The molecular weight excluding hydrogens is 321 g/mol. The van der Waals surface area contributed by atoms with E-state index in [1.165, 1.54) is 27.4 Å². The fourth-order valence-electron chi connectivity index (χ4n) is 2.49. The van der Waals surface area contributed by atoms with Crippen LogP contribution in [0.5, 0.6) is 0 Å². The number of benzene rings is 1. The largest absolute Gasteiger partial charge is 0.338 e. The van der Waals surface area contributed by atoms with Gasteiger partial charge in [-0.3, -0.25) is 4.79 Å². The summed E-state index contributed by atoms with van der Waals surface area (Å²) in [6.07, 6.45) is 0. The lowest BCUT2D eigenvalue weighted by atomic mass is 10.2. The molecule has 1 aromatic rings. The van der Waals surface area contributed by atoms with Crippen LogP contribution in [0, 0.1) is 5.82 Å². The molecule has 128 valence electrons. The topological polar surface area (TPSA) is 69.7 Å². The molecule has 0 saturated carbocycles. The lowest BCUT2D eigenvalue weighted by Crippen LogP contribution is -2.48. The number of nitrogens with one attached hydrogen (secondary N) is 1. The van der Waals surface area contributed by atoms with Crippen molar-refractivity contribution in [3.63, 3.8) is 0 Å². The van der Waals surface area contributed by atoms with Crippen LogP contribution in [-0.4, -0.2) is 68.6 Å². The Kier molecular flexibility index (Phi) is 6.09. The molecule has 8 heteroatoms. The van der Waals surface area contributed by atoms with Crippen LogP contribution in [0.3, 0.4) is 0 Å². The molecule has 0 aliphatic carbocycles. The summed E-state index contributed by atoms with van der Waals surface area (Å²) in [6.45, 7) is 4.26. The van der Waals surface area contributed by atoms with Gasteiger partial charge in [0, 0.05) is 39.3 Å². The lowest BCUT2D eigenvalue weighted by Gasteiger charge is -2.28. The lowest BCUT2D eigenvalue weighted by molar-refractivity contribution is 0.0769.